The summed E-state index contributed by atoms with van der Waals surface area (Å²) in [6, 6.07) is 56.6. The Hall–Kier alpha value is -7.04. The van der Waals surface area contributed by atoms with Crippen LogP contribution in [0, 0.1) is 6.92 Å². The van der Waals surface area contributed by atoms with Gasteiger partial charge in [-0.2, -0.15) is 9.13 Å². The largest absolute Gasteiger partial charge is 0.264 e. The van der Waals surface area contributed by atoms with Gasteiger partial charge in [0.2, 0.25) is 23.5 Å². The molecule has 9 aromatic rings. The average Bonchev–Trinajstić information content (AvgIpc) is 3.36. The highest BCUT2D eigenvalue weighted by Gasteiger charge is 2.55. The van der Waals surface area contributed by atoms with Crippen LogP contribution in [0.4, 0.5) is 0 Å². The van der Waals surface area contributed by atoms with Crippen LogP contribution in [0.5, 0.6) is 0 Å². The summed E-state index contributed by atoms with van der Waals surface area (Å²) in [6.45, 7) is 10.2. The van der Waals surface area contributed by atoms with E-state index in [1.807, 2.05) is 36.9 Å². The molecule has 0 amide bonds. The van der Waals surface area contributed by atoms with E-state index < -0.39 is 0 Å². The maximum atomic E-state index is 4.44. The van der Waals surface area contributed by atoms with E-state index in [9.17, 15) is 0 Å². The molecule has 0 spiro atoms. The minimum Gasteiger partial charge on any atom is -0.264 e. The smallest absolute Gasteiger partial charge is 0.232 e. The second-order valence-electron chi connectivity index (χ2n) is 17.7. The monoisotopic (exact) mass is 832 g/mol. The molecule has 1 aliphatic rings. The lowest BCUT2D eigenvalue weighted by atomic mass is 9.70. The van der Waals surface area contributed by atoms with E-state index >= 15 is 0 Å². The number of aryl methyl sites for hydroxylation is 2. The molecular weight excluding hydrogens is 777 g/mol. The van der Waals surface area contributed by atoms with Gasteiger partial charge in [0.25, 0.3) is 0 Å². The summed E-state index contributed by atoms with van der Waals surface area (Å²) in [7, 11) is 0. The number of hydrogen-bond donors (Lipinski definition) is 0. The Labute approximate surface area is 378 Å². The molecule has 5 heterocycles. The van der Waals surface area contributed by atoms with Crippen LogP contribution in [-0.2, 0) is 18.5 Å². The highest BCUT2D eigenvalue weighted by Crippen LogP contribution is 2.47. The van der Waals surface area contributed by atoms with Crippen LogP contribution in [0.3, 0.4) is 0 Å². The van der Waals surface area contributed by atoms with E-state index in [-0.39, 0.29) is 5.54 Å². The zero-order chi connectivity index (χ0) is 43.6. The highest BCUT2D eigenvalue weighted by molar-refractivity contribution is 5.94. The molecular formula is C60H56N4+2. The van der Waals surface area contributed by atoms with Crippen LogP contribution < -0.4 is 9.13 Å². The Bertz CT molecular complexity index is 3060. The van der Waals surface area contributed by atoms with Gasteiger partial charge in [-0.05, 0) is 142 Å². The van der Waals surface area contributed by atoms with Crippen molar-refractivity contribution in [3.8, 4) is 67.0 Å². The summed E-state index contributed by atoms with van der Waals surface area (Å²) in [5.74, 6) is 0.332. The molecule has 2 atom stereocenters. The second-order valence-corrected chi connectivity index (χ2v) is 17.7. The summed E-state index contributed by atoms with van der Waals surface area (Å²) in [5, 5.41) is 2.66. The van der Waals surface area contributed by atoms with Gasteiger partial charge in [-0.1, -0.05) is 100.0 Å². The van der Waals surface area contributed by atoms with Crippen molar-refractivity contribution in [2.75, 3.05) is 0 Å². The first-order chi connectivity index (χ1) is 31.5. The summed E-state index contributed by atoms with van der Waals surface area (Å²) in [5.41, 5.74) is 18.3. The third kappa shape index (κ3) is 7.51. The first-order valence-corrected chi connectivity index (χ1v) is 23.2. The van der Waals surface area contributed by atoms with E-state index in [0.29, 0.717) is 5.92 Å². The number of aromatic nitrogens is 4. The molecule has 2 unspecified atom stereocenters. The van der Waals surface area contributed by atoms with Crippen molar-refractivity contribution in [1.29, 1.82) is 0 Å². The Balaban J connectivity index is 1.06. The van der Waals surface area contributed by atoms with Gasteiger partial charge < -0.3 is 0 Å². The predicted octanol–water partition coefficient (Wildman–Crippen LogP) is 14.2. The molecule has 0 aliphatic carbocycles. The molecule has 4 heteroatoms. The van der Waals surface area contributed by atoms with Crippen molar-refractivity contribution in [3.05, 3.63) is 206 Å². The molecule has 314 valence electrons. The lowest BCUT2D eigenvalue weighted by Gasteiger charge is -2.38. The van der Waals surface area contributed by atoms with Gasteiger partial charge in [0.1, 0.15) is 0 Å². The lowest BCUT2D eigenvalue weighted by molar-refractivity contribution is -0.827. The molecule has 0 saturated carbocycles. The van der Waals surface area contributed by atoms with E-state index in [2.05, 4.69) is 199 Å². The fraction of sp³-hybridized carbons (Fsp3) is 0.200. The first-order valence-electron chi connectivity index (χ1n) is 23.2. The maximum absolute atomic E-state index is 4.44. The van der Waals surface area contributed by atoms with Gasteiger partial charge >= 0.3 is 0 Å². The second kappa shape index (κ2) is 17.6. The number of fused-ring (bicyclic) bond motifs is 5. The number of rotatable bonds is 12. The van der Waals surface area contributed by atoms with Crippen molar-refractivity contribution in [1.82, 2.24) is 9.97 Å². The van der Waals surface area contributed by atoms with Crippen molar-refractivity contribution in [2.45, 2.75) is 77.8 Å². The van der Waals surface area contributed by atoms with Crippen LogP contribution >= 0.6 is 0 Å². The van der Waals surface area contributed by atoms with Crippen LogP contribution in [-0.4, -0.2) is 9.97 Å². The Morgan fingerprint density at radius 3 is 1.94 bits per heavy atom. The van der Waals surface area contributed by atoms with E-state index in [0.717, 1.165) is 53.6 Å². The molecule has 0 radical (unpaired) electrons. The molecule has 1 aliphatic heterocycles. The van der Waals surface area contributed by atoms with Gasteiger partial charge in [-0.3, -0.25) is 9.97 Å². The van der Waals surface area contributed by atoms with Gasteiger partial charge in [-0.15, -0.1) is 0 Å². The van der Waals surface area contributed by atoms with Gasteiger partial charge in [0.05, 0.1) is 16.9 Å². The molecule has 4 nitrogen and oxygen atoms in total. The number of pyridine rings is 4. The van der Waals surface area contributed by atoms with E-state index in [1.165, 1.54) is 79.5 Å². The average molecular weight is 833 g/mol. The maximum Gasteiger partial charge on any atom is 0.232 e. The van der Waals surface area contributed by atoms with Gasteiger partial charge in [0, 0.05) is 66.1 Å². The lowest BCUT2D eigenvalue weighted by Crippen LogP contribution is -2.68. The molecule has 4 aromatic heterocycles. The van der Waals surface area contributed by atoms with Crippen LogP contribution in [0.25, 0.3) is 77.8 Å². The third-order valence-electron chi connectivity index (χ3n) is 13.9. The minimum absolute atomic E-state index is 0.201. The number of benzene rings is 5. The standard InChI is InChI=1S/C60H56N4/c1-5-8-16-43-25-27-53-47(33-43)28-32-64-59(53)55-22-10-9-21-54(55)57(6-2)60(64,7-3)41-63-31-12-11-23-58(63)56-38-46(26-24-42(56)4)44-17-13-18-45(34-44)50-35-51(48-19-14-29-61-39-48)37-52(36-50)49-20-15-30-62-40-49/h9-15,17-40,57H,5-8,16,41H2,1-4H3/q+2. The Morgan fingerprint density at radius 2 is 1.23 bits per heavy atom. The summed E-state index contributed by atoms with van der Waals surface area (Å²) >= 11 is 0. The number of nitrogens with zero attached hydrogens (tertiary/aromatic N) is 4. The zero-order valence-electron chi connectivity index (χ0n) is 37.5. The molecule has 0 N–H and O–H groups in total. The van der Waals surface area contributed by atoms with Crippen LogP contribution in [0.15, 0.2) is 189 Å². The van der Waals surface area contributed by atoms with Gasteiger partial charge in [-0.25, -0.2) is 0 Å². The SMILES string of the molecule is CCCCc1ccc2c3[n+](ccc2c1)C(CC)(C[n+]1ccccc1-c1cc(-c2cccc(-c4cc(-c5cccnc5)cc(-c5cccnc5)c4)c2)ccc1C)C(CC)c1ccccc1-3. The third-order valence-corrected chi connectivity index (χ3v) is 13.9. The zero-order valence-corrected chi connectivity index (χ0v) is 37.5. The summed E-state index contributed by atoms with van der Waals surface area (Å²) in [6.07, 6.45) is 17.8. The van der Waals surface area contributed by atoms with Crippen LogP contribution in [0.1, 0.15) is 69.1 Å². The number of hydrogen-bond acceptors (Lipinski definition) is 2. The van der Waals surface area contributed by atoms with E-state index in [1.54, 1.807) is 0 Å². The van der Waals surface area contributed by atoms with E-state index in [4.69, 9.17) is 0 Å². The summed E-state index contributed by atoms with van der Waals surface area (Å²) in [4.78, 5) is 8.88. The number of unbranched alkanes of at least 4 members (excludes halogenated alkanes) is 1. The normalized spacial score (nSPS) is 15.5. The fourth-order valence-corrected chi connectivity index (χ4v) is 10.6. The topological polar surface area (TPSA) is 33.5 Å². The Kier molecular flexibility index (Phi) is 11.3. The molecule has 10 rings (SSSR count). The molecule has 64 heavy (non-hydrogen) atoms. The molecule has 0 saturated heterocycles. The highest BCUT2D eigenvalue weighted by atomic mass is 15.1. The molecule has 5 aromatic carbocycles. The quantitative estimate of drug-likeness (QED) is 0.115. The summed E-state index contributed by atoms with van der Waals surface area (Å²) < 4.78 is 5.22. The van der Waals surface area contributed by atoms with Crippen molar-refractivity contribution < 1.29 is 9.13 Å². The van der Waals surface area contributed by atoms with Crippen molar-refractivity contribution in [3.63, 3.8) is 0 Å². The molecule has 0 bridgehead atoms. The van der Waals surface area contributed by atoms with Gasteiger partial charge in [0.15, 0.2) is 12.4 Å². The Morgan fingerprint density at radius 1 is 0.562 bits per heavy atom. The minimum atomic E-state index is -0.201. The van der Waals surface area contributed by atoms with Crippen molar-refractivity contribution >= 4 is 10.8 Å². The predicted molar refractivity (Wildman–Crippen MR) is 264 cm³/mol. The first kappa shape index (κ1) is 41.0. The van der Waals surface area contributed by atoms with Crippen LogP contribution in [0.2, 0.25) is 0 Å². The van der Waals surface area contributed by atoms with Crippen molar-refractivity contribution in [2.24, 2.45) is 0 Å². The fourth-order valence-electron chi connectivity index (χ4n) is 10.6. The molecule has 0 fully saturated rings.